The van der Waals surface area contributed by atoms with Gasteiger partial charge < -0.3 is 14.4 Å². The Kier molecular flexibility index (Phi) is 5.00. The highest BCUT2D eigenvalue weighted by Gasteiger charge is 2.05. The van der Waals surface area contributed by atoms with E-state index in [0.717, 1.165) is 29.6 Å². The van der Waals surface area contributed by atoms with E-state index in [0.29, 0.717) is 0 Å². The molecule has 1 heterocycles. The van der Waals surface area contributed by atoms with Crippen molar-refractivity contribution in [3.05, 3.63) is 11.9 Å². The zero-order chi connectivity index (χ0) is 10.4. The smallest absolute Gasteiger partial charge is 0.167 e. The van der Waals surface area contributed by atoms with Crippen LogP contribution in [-0.4, -0.2) is 34.1 Å². The number of rotatable bonds is 6. The summed E-state index contributed by atoms with van der Waals surface area (Å²) in [6.45, 7) is 0.826. The third-order valence-electron chi connectivity index (χ3n) is 1.93. The van der Waals surface area contributed by atoms with Gasteiger partial charge in [-0.05, 0) is 6.42 Å². The Morgan fingerprint density at radius 3 is 3.00 bits per heavy atom. The minimum atomic E-state index is 0.0438. The quantitative estimate of drug-likeness (QED) is 0.570. The molecule has 80 valence electrons. The van der Waals surface area contributed by atoms with Crippen molar-refractivity contribution in [1.29, 1.82) is 0 Å². The third-order valence-corrected chi connectivity index (χ3v) is 3.06. The number of thioether (sulfide) groups is 1. The molecular weight excluding hydrogens is 200 g/mol. The maximum Gasteiger partial charge on any atom is 0.167 e. The number of methoxy groups -OCH3 is 1. The van der Waals surface area contributed by atoms with Crippen molar-refractivity contribution >= 4 is 11.8 Å². The number of aromatic nitrogens is 2. The van der Waals surface area contributed by atoms with Crippen LogP contribution in [0.4, 0.5) is 0 Å². The molecule has 4 nitrogen and oxygen atoms in total. The van der Waals surface area contributed by atoms with Crippen LogP contribution in [0, 0.1) is 0 Å². The molecule has 0 aromatic carbocycles. The molecule has 0 saturated heterocycles. The lowest BCUT2D eigenvalue weighted by Crippen LogP contribution is -1.98. The van der Waals surface area contributed by atoms with E-state index in [1.807, 2.05) is 11.6 Å². The van der Waals surface area contributed by atoms with Gasteiger partial charge >= 0.3 is 0 Å². The zero-order valence-electron chi connectivity index (χ0n) is 8.56. The van der Waals surface area contributed by atoms with E-state index >= 15 is 0 Å². The van der Waals surface area contributed by atoms with Crippen LogP contribution in [0.15, 0.2) is 11.4 Å². The maximum absolute atomic E-state index is 8.95. The molecule has 1 aromatic rings. The Morgan fingerprint density at radius 2 is 2.43 bits per heavy atom. The van der Waals surface area contributed by atoms with E-state index in [1.165, 1.54) is 0 Å². The molecule has 0 aliphatic carbocycles. The van der Waals surface area contributed by atoms with Crippen LogP contribution in [0.2, 0.25) is 0 Å². The molecule has 0 radical (unpaired) electrons. The van der Waals surface area contributed by atoms with Gasteiger partial charge in [-0.1, -0.05) is 11.8 Å². The van der Waals surface area contributed by atoms with Gasteiger partial charge in [-0.3, -0.25) is 0 Å². The van der Waals surface area contributed by atoms with Crippen LogP contribution in [0.5, 0.6) is 0 Å². The molecule has 0 unspecified atom stereocenters. The predicted molar refractivity (Wildman–Crippen MR) is 56.3 cm³/mol. The molecule has 0 spiro atoms. The van der Waals surface area contributed by atoms with E-state index in [1.54, 1.807) is 25.1 Å². The Bertz CT molecular complexity index is 276. The van der Waals surface area contributed by atoms with Crippen LogP contribution in [0.3, 0.4) is 0 Å². The third kappa shape index (κ3) is 3.01. The predicted octanol–water partition coefficient (Wildman–Crippen LogP) is 1.04. The largest absolute Gasteiger partial charge is 0.390 e. The van der Waals surface area contributed by atoms with Crippen molar-refractivity contribution in [1.82, 2.24) is 9.55 Å². The zero-order valence-corrected chi connectivity index (χ0v) is 9.38. The first kappa shape index (κ1) is 11.6. The van der Waals surface area contributed by atoms with Gasteiger partial charge in [0.05, 0.1) is 18.5 Å². The lowest BCUT2D eigenvalue weighted by molar-refractivity contribution is 0.200. The molecule has 5 heteroatoms. The lowest BCUT2D eigenvalue weighted by Gasteiger charge is -2.03. The first-order valence-electron chi connectivity index (χ1n) is 4.52. The molecule has 0 aliphatic rings. The van der Waals surface area contributed by atoms with Crippen molar-refractivity contribution in [2.24, 2.45) is 7.05 Å². The summed E-state index contributed by atoms with van der Waals surface area (Å²) in [6.07, 6.45) is 2.72. The normalized spacial score (nSPS) is 10.8. The van der Waals surface area contributed by atoms with Gasteiger partial charge in [0.2, 0.25) is 0 Å². The highest BCUT2D eigenvalue weighted by Crippen LogP contribution is 2.17. The Morgan fingerprint density at radius 1 is 1.64 bits per heavy atom. The summed E-state index contributed by atoms with van der Waals surface area (Å²) in [4.78, 5) is 4.21. The Labute approximate surface area is 88.3 Å². The molecule has 1 N–H and O–H groups in total. The van der Waals surface area contributed by atoms with Gasteiger partial charge in [0.1, 0.15) is 0 Å². The number of nitrogens with zero attached hydrogens (tertiary/aromatic N) is 2. The van der Waals surface area contributed by atoms with Crippen molar-refractivity contribution in [3.8, 4) is 0 Å². The highest BCUT2D eigenvalue weighted by molar-refractivity contribution is 7.99. The van der Waals surface area contributed by atoms with Crippen LogP contribution >= 0.6 is 11.8 Å². The fraction of sp³-hybridized carbons (Fsp3) is 0.667. The van der Waals surface area contributed by atoms with E-state index in [4.69, 9.17) is 9.84 Å². The standard InChI is InChI=1S/C9H16N2O2S/c1-11-8(7-12)6-10-9(11)14-5-3-4-13-2/h6,12H,3-5,7H2,1-2H3. The summed E-state index contributed by atoms with van der Waals surface area (Å²) in [5, 5.41) is 9.90. The van der Waals surface area contributed by atoms with Crippen molar-refractivity contribution in [3.63, 3.8) is 0 Å². The minimum Gasteiger partial charge on any atom is -0.390 e. The molecule has 0 atom stereocenters. The van der Waals surface area contributed by atoms with Gasteiger partial charge in [0.25, 0.3) is 0 Å². The van der Waals surface area contributed by atoms with E-state index in [-0.39, 0.29) is 6.61 Å². The van der Waals surface area contributed by atoms with E-state index < -0.39 is 0 Å². The van der Waals surface area contributed by atoms with Crippen LogP contribution in [0.25, 0.3) is 0 Å². The summed E-state index contributed by atoms with van der Waals surface area (Å²) < 4.78 is 6.87. The Hall–Kier alpha value is -0.520. The topological polar surface area (TPSA) is 47.3 Å². The van der Waals surface area contributed by atoms with Crippen LogP contribution < -0.4 is 0 Å². The van der Waals surface area contributed by atoms with E-state index in [9.17, 15) is 0 Å². The second kappa shape index (κ2) is 6.06. The summed E-state index contributed by atoms with van der Waals surface area (Å²) >= 11 is 1.68. The fourth-order valence-corrected chi connectivity index (χ4v) is 1.96. The van der Waals surface area contributed by atoms with Gasteiger partial charge in [-0.2, -0.15) is 0 Å². The highest BCUT2D eigenvalue weighted by atomic mass is 32.2. The maximum atomic E-state index is 8.95. The Balaban J connectivity index is 2.39. The first-order valence-corrected chi connectivity index (χ1v) is 5.51. The number of aliphatic hydroxyl groups excluding tert-OH is 1. The van der Waals surface area contributed by atoms with Crippen LogP contribution in [0.1, 0.15) is 12.1 Å². The van der Waals surface area contributed by atoms with Crippen molar-refractivity contribution < 1.29 is 9.84 Å². The summed E-state index contributed by atoms with van der Waals surface area (Å²) in [6, 6.07) is 0. The number of ether oxygens (including phenoxy) is 1. The molecule has 0 aliphatic heterocycles. The lowest BCUT2D eigenvalue weighted by atomic mass is 10.5. The number of imidazole rings is 1. The van der Waals surface area contributed by atoms with Crippen molar-refractivity contribution in [2.75, 3.05) is 19.5 Å². The average molecular weight is 216 g/mol. The fourth-order valence-electron chi connectivity index (χ4n) is 1.07. The van der Waals surface area contributed by atoms with Gasteiger partial charge in [-0.25, -0.2) is 4.98 Å². The first-order chi connectivity index (χ1) is 6.79. The summed E-state index contributed by atoms with van der Waals surface area (Å²) in [5.74, 6) is 0.990. The molecule has 0 saturated carbocycles. The summed E-state index contributed by atoms with van der Waals surface area (Å²) in [5.41, 5.74) is 0.847. The van der Waals surface area contributed by atoms with Gasteiger partial charge in [0, 0.05) is 26.5 Å². The molecule has 0 amide bonds. The molecule has 14 heavy (non-hydrogen) atoms. The molecule has 0 fully saturated rings. The van der Waals surface area contributed by atoms with E-state index in [2.05, 4.69) is 4.98 Å². The number of hydrogen-bond acceptors (Lipinski definition) is 4. The minimum absolute atomic E-state index is 0.0438. The molecule has 0 bridgehead atoms. The van der Waals surface area contributed by atoms with Crippen molar-refractivity contribution in [2.45, 2.75) is 18.2 Å². The van der Waals surface area contributed by atoms with Crippen LogP contribution in [-0.2, 0) is 18.4 Å². The molecule has 1 rings (SSSR count). The molecular formula is C9H16N2O2S. The second-order valence-electron chi connectivity index (χ2n) is 2.94. The number of hydrogen-bond donors (Lipinski definition) is 1. The SMILES string of the molecule is COCCCSc1ncc(CO)n1C. The average Bonchev–Trinajstić information content (AvgIpc) is 2.55. The van der Waals surface area contributed by atoms with Gasteiger partial charge in [0.15, 0.2) is 5.16 Å². The monoisotopic (exact) mass is 216 g/mol. The summed E-state index contributed by atoms with van der Waals surface area (Å²) in [7, 11) is 3.62. The second-order valence-corrected chi connectivity index (χ2v) is 4.01. The molecule has 1 aromatic heterocycles. The van der Waals surface area contributed by atoms with Gasteiger partial charge in [-0.15, -0.1) is 0 Å². The number of aliphatic hydroxyl groups is 1.